The molecule has 0 unspecified atom stereocenters. The number of morpholine rings is 1. The van der Waals surface area contributed by atoms with Crippen molar-refractivity contribution < 1.29 is 14.3 Å². The fraction of sp³-hybridized carbons (Fsp3) is 0.417. The second-order valence-corrected chi connectivity index (χ2v) is 9.39. The molecule has 4 rings (SSSR count). The van der Waals surface area contributed by atoms with Gasteiger partial charge in [0.25, 0.3) is 5.91 Å². The second-order valence-electron chi connectivity index (χ2n) is 7.97. The molecule has 3 aromatic rings. The molecule has 1 fully saturated rings. The van der Waals surface area contributed by atoms with Gasteiger partial charge >= 0.3 is 0 Å². The molecule has 0 bridgehead atoms. The van der Waals surface area contributed by atoms with E-state index in [9.17, 15) is 4.79 Å². The molecule has 6 nitrogen and oxygen atoms in total. The van der Waals surface area contributed by atoms with Crippen molar-refractivity contribution in [3.63, 3.8) is 0 Å². The molecule has 1 aliphatic heterocycles. The molecule has 1 aliphatic rings. The number of hydrogen-bond donors (Lipinski definition) is 0. The molecule has 1 aromatic heterocycles. The average Bonchev–Trinajstić information content (AvgIpc) is 3.24. The van der Waals surface area contributed by atoms with Gasteiger partial charge in [-0.2, -0.15) is 0 Å². The Morgan fingerprint density at radius 1 is 1.19 bits per heavy atom. The van der Waals surface area contributed by atoms with Crippen molar-refractivity contribution in [2.24, 2.45) is 0 Å². The fourth-order valence-electron chi connectivity index (χ4n) is 3.67. The first-order valence-corrected chi connectivity index (χ1v) is 12.1. The minimum atomic E-state index is -0.102. The number of halogens is 1. The topological polar surface area (TPSA) is 54.9 Å². The van der Waals surface area contributed by atoms with Gasteiger partial charge < -0.3 is 9.47 Å². The molecule has 2 heterocycles. The Kier molecular flexibility index (Phi) is 7.63. The molecular formula is C24H28ClN3O3S. The van der Waals surface area contributed by atoms with Crippen LogP contribution in [0.4, 0.5) is 5.13 Å². The number of rotatable bonds is 8. The van der Waals surface area contributed by atoms with Gasteiger partial charge in [-0.1, -0.05) is 40.6 Å². The van der Waals surface area contributed by atoms with Gasteiger partial charge in [-0.05, 0) is 50.1 Å². The van der Waals surface area contributed by atoms with Crippen LogP contribution >= 0.6 is 22.9 Å². The summed E-state index contributed by atoms with van der Waals surface area (Å²) < 4.78 is 12.2. The Bertz CT molecular complexity index is 1060. The molecule has 0 spiro atoms. The highest BCUT2D eigenvalue weighted by Crippen LogP contribution is 2.33. The number of carbonyl (C=O) groups excluding carboxylic acids is 1. The normalized spacial score (nSPS) is 14.6. The van der Waals surface area contributed by atoms with E-state index in [2.05, 4.69) is 4.90 Å². The van der Waals surface area contributed by atoms with E-state index < -0.39 is 0 Å². The number of aryl methyl sites for hydroxylation is 2. The molecule has 2 aromatic carbocycles. The maximum absolute atomic E-state index is 13.2. The summed E-state index contributed by atoms with van der Waals surface area (Å²) in [6.07, 6.45) is 0.853. The number of ether oxygens (including phenoxy) is 2. The lowest BCUT2D eigenvalue weighted by Crippen LogP contribution is -2.40. The van der Waals surface area contributed by atoms with Crippen LogP contribution in [0.3, 0.4) is 0 Å². The van der Waals surface area contributed by atoms with E-state index in [0.717, 1.165) is 60.6 Å². The number of anilines is 1. The van der Waals surface area contributed by atoms with Crippen molar-refractivity contribution in [1.29, 1.82) is 0 Å². The number of aromatic nitrogens is 1. The number of hydrogen-bond acceptors (Lipinski definition) is 6. The van der Waals surface area contributed by atoms with Gasteiger partial charge in [0.2, 0.25) is 0 Å². The van der Waals surface area contributed by atoms with E-state index >= 15 is 0 Å². The predicted octanol–water partition coefficient (Wildman–Crippen LogP) is 4.70. The third-order valence-electron chi connectivity index (χ3n) is 5.61. The Hall–Kier alpha value is -2.19. The van der Waals surface area contributed by atoms with Crippen LogP contribution in [-0.4, -0.2) is 61.8 Å². The summed E-state index contributed by atoms with van der Waals surface area (Å²) in [7, 11) is 0. The van der Waals surface area contributed by atoms with E-state index in [4.69, 9.17) is 26.1 Å². The predicted molar refractivity (Wildman–Crippen MR) is 130 cm³/mol. The first kappa shape index (κ1) is 23.0. The Labute approximate surface area is 197 Å². The van der Waals surface area contributed by atoms with Crippen LogP contribution in [0.1, 0.15) is 17.5 Å². The highest BCUT2D eigenvalue weighted by Gasteiger charge is 2.22. The molecule has 0 aliphatic carbocycles. The highest BCUT2D eigenvalue weighted by atomic mass is 35.5. The van der Waals surface area contributed by atoms with Gasteiger partial charge in [-0.15, -0.1) is 0 Å². The summed E-state index contributed by atoms with van der Waals surface area (Å²) in [6.45, 7) is 8.85. The van der Waals surface area contributed by atoms with Gasteiger partial charge in [0.1, 0.15) is 5.75 Å². The molecule has 170 valence electrons. The summed E-state index contributed by atoms with van der Waals surface area (Å²) in [5, 5.41) is 1.37. The first-order chi connectivity index (χ1) is 15.5. The molecule has 0 saturated carbocycles. The standard InChI is InChI=1S/C24H28ClN3O3S/c1-17-4-6-19(7-5-17)31-16-22(29)28(11-3-10-27-12-14-30-15-13-27)24-26-23-18(2)20(25)8-9-21(23)32-24/h4-9H,3,10-16H2,1-2H3. The van der Waals surface area contributed by atoms with E-state index in [1.165, 1.54) is 11.3 Å². The largest absolute Gasteiger partial charge is 0.484 e. The van der Waals surface area contributed by atoms with Gasteiger partial charge in [0.15, 0.2) is 11.7 Å². The zero-order chi connectivity index (χ0) is 22.5. The molecule has 1 saturated heterocycles. The lowest BCUT2D eigenvalue weighted by molar-refractivity contribution is -0.120. The number of amides is 1. The van der Waals surface area contributed by atoms with Gasteiger partial charge in [-0.3, -0.25) is 14.6 Å². The zero-order valence-electron chi connectivity index (χ0n) is 18.5. The zero-order valence-corrected chi connectivity index (χ0v) is 20.0. The summed E-state index contributed by atoms with van der Waals surface area (Å²) >= 11 is 7.80. The summed E-state index contributed by atoms with van der Waals surface area (Å²) in [6, 6.07) is 11.6. The first-order valence-electron chi connectivity index (χ1n) is 10.9. The molecular weight excluding hydrogens is 446 g/mol. The smallest absolute Gasteiger partial charge is 0.266 e. The van der Waals surface area contributed by atoms with Gasteiger partial charge in [0, 0.05) is 31.2 Å². The molecule has 8 heteroatoms. The SMILES string of the molecule is Cc1ccc(OCC(=O)N(CCCN2CCOCC2)c2nc3c(C)c(Cl)ccc3s2)cc1. The van der Waals surface area contributed by atoms with Crippen molar-refractivity contribution >= 4 is 44.2 Å². The maximum atomic E-state index is 13.2. The minimum Gasteiger partial charge on any atom is -0.484 e. The van der Waals surface area contributed by atoms with Crippen LogP contribution in [0.5, 0.6) is 5.75 Å². The number of carbonyl (C=O) groups is 1. The van der Waals surface area contributed by atoms with Crippen molar-refractivity contribution in [3.8, 4) is 5.75 Å². The lowest BCUT2D eigenvalue weighted by Gasteiger charge is -2.27. The molecule has 0 N–H and O–H groups in total. The summed E-state index contributed by atoms with van der Waals surface area (Å²) in [4.78, 5) is 22.1. The third-order valence-corrected chi connectivity index (χ3v) is 7.06. The van der Waals surface area contributed by atoms with E-state index in [1.54, 1.807) is 4.90 Å². The molecule has 1 amide bonds. The fourth-order valence-corrected chi connectivity index (χ4v) is 4.89. The lowest BCUT2D eigenvalue weighted by atomic mass is 10.2. The summed E-state index contributed by atoms with van der Waals surface area (Å²) in [5.74, 6) is 0.583. The van der Waals surface area contributed by atoms with Gasteiger partial charge in [-0.25, -0.2) is 4.98 Å². The van der Waals surface area contributed by atoms with Crippen molar-refractivity contribution in [2.75, 3.05) is 50.9 Å². The van der Waals surface area contributed by atoms with Crippen LogP contribution in [0.2, 0.25) is 5.02 Å². The van der Waals surface area contributed by atoms with Crippen molar-refractivity contribution in [2.45, 2.75) is 20.3 Å². The summed E-state index contributed by atoms with van der Waals surface area (Å²) in [5.41, 5.74) is 2.93. The Balaban J connectivity index is 1.49. The quantitative estimate of drug-likeness (QED) is 0.474. The third kappa shape index (κ3) is 5.59. The molecule has 32 heavy (non-hydrogen) atoms. The van der Waals surface area contributed by atoms with Crippen LogP contribution in [0.15, 0.2) is 36.4 Å². The van der Waals surface area contributed by atoms with E-state index in [-0.39, 0.29) is 12.5 Å². The van der Waals surface area contributed by atoms with Crippen LogP contribution < -0.4 is 9.64 Å². The second kappa shape index (κ2) is 10.6. The van der Waals surface area contributed by atoms with Crippen LogP contribution in [0.25, 0.3) is 10.2 Å². The minimum absolute atomic E-state index is 0.0315. The Morgan fingerprint density at radius 2 is 1.94 bits per heavy atom. The monoisotopic (exact) mass is 473 g/mol. The van der Waals surface area contributed by atoms with Crippen molar-refractivity contribution in [3.05, 3.63) is 52.5 Å². The average molecular weight is 474 g/mol. The van der Waals surface area contributed by atoms with Gasteiger partial charge in [0.05, 0.1) is 23.4 Å². The number of nitrogens with zero attached hydrogens (tertiary/aromatic N) is 3. The molecule has 0 atom stereocenters. The molecule has 0 radical (unpaired) electrons. The van der Waals surface area contributed by atoms with Crippen LogP contribution in [-0.2, 0) is 9.53 Å². The maximum Gasteiger partial charge on any atom is 0.266 e. The van der Waals surface area contributed by atoms with E-state index in [1.807, 2.05) is 50.2 Å². The van der Waals surface area contributed by atoms with Crippen LogP contribution in [0, 0.1) is 13.8 Å². The number of benzene rings is 2. The Morgan fingerprint density at radius 3 is 2.69 bits per heavy atom. The number of thiazole rings is 1. The number of fused-ring (bicyclic) bond motifs is 1. The van der Waals surface area contributed by atoms with E-state index in [0.29, 0.717) is 22.4 Å². The highest BCUT2D eigenvalue weighted by molar-refractivity contribution is 7.22. The van der Waals surface area contributed by atoms with Crippen molar-refractivity contribution in [1.82, 2.24) is 9.88 Å².